The average Bonchev–Trinajstić information content (AvgIpc) is 2.83. The van der Waals surface area contributed by atoms with Crippen LogP contribution >= 0.6 is 0 Å². The van der Waals surface area contributed by atoms with Crippen LogP contribution in [0.5, 0.6) is 5.75 Å². The number of sulfonamides is 1. The predicted molar refractivity (Wildman–Crippen MR) is 82.7 cm³/mol. The highest BCUT2D eigenvalue weighted by molar-refractivity contribution is 7.88. The molecule has 1 fully saturated rings. The molecule has 0 aliphatic carbocycles. The Kier molecular flexibility index (Phi) is 3.96. The SMILES string of the molecule is Cc1ccc2c(c1CN1CCN(S(C)(=O)=O)CC1)OCC2=O. The molecule has 2 aliphatic rings. The third-order valence-electron chi connectivity index (χ3n) is 4.32. The maximum absolute atomic E-state index is 11.8. The quantitative estimate of drug-likeness (QED) is 0.816. The molecule has 0 aromatic heterocycles. The van der Waals surface area contributed by atoms with Crippen molar-refractivity contribution in [1.82, 2.24) is 9.21 Å². The maximum Gasteiger partial charge on any atom is 0.211 e. The topological polar surface area (TPSA) is 66.9 Å². The Balaban J connectivity index is 1.75. The van der Waals surface area contributed by atoms with Crippen LogP contribution < -0.4 is 4.74 Å². The molecule has 1 aromatic rings. The van der Waals surface area contributed by atoms with Gasteiger partial charge in [-0.25, -0.2) is 8.42 Å². The highest BCUT2D eigenvalue weighted by atomic mass is 32.2. The van der Waals surface area contributed by atoms with Crippen molar-refractivity contribution >= 4 is 15.8 Å². The molecule has 0 radical (unpaired) electrons. The van der Waals surface area contributed by atoms with Gasteiger partial charge in [0.15, 0.2) is 6.61 Å². The minimum absolute atomic E-state index is 0.0261. The van der Waals surface area contributed by atoms with Crippen molar-refractivity contribution in [2.45, 2.75) is 13.5 Å². The van der Waals surface area contributed by atoms with Crippen molar-refractivity contribution in [3.05, 3.63) is 28.8 Å². The standard InChI is InChI=1S/C15H20N2O4S/c1-11-3-4-12-14(18)10-21-15(12)13(11)9-16-5-7-17(8-6-16)22(2,19)20/h3-4H,5-10H2,1-2H3. The molecule has 0 spiro atoms. The first kappa shape index (κ1) is 15.5. The normalized spacial score (nSPS) is 20.0. The van der Waals surface area contributed by atoms with E-state index in [1.165, 1.54) is 10.6 Å². The summed E-state index contributed by atoms with van der Waals surface area (Å²) in [5.41, 5.74) is 2.80. The van der Waals surface area contributed by atoms with E-state index in [0.717, 1.165) is 11.1 Å². The number of carbonyl (C=O) groups excluding carboxylic acids is 1. The van der Waals surface area contributed by atoms with Gasteiger partial charge in [0.1, 0.15) is 5.75 Å². The Morgan fingerprint density at radius 2 is 1.86 bits per heavy atom. The third kappa shape index (κ3) is 2.88. The minimum atomic E-state index is -3.11. The molecular weight excluding hydrogens is 304 g/mol. The highest BCUT2D eigenvalue weighted by Gasteiger charge is 2.28. The van der Waals surface area contributed by atoms with Crippen LogP contribution in [0.4, 0.5) is 0 Å². The molecule has 22 heavy (non-hydrogen) atoms. The lowest BCUT2D eigenvalue weighted by Gasteiger charge is -2.33. The molecule has 2 aliphatic heterocycles. The van der Waals surface area contributed by atoms with Gasteiger partial charge in [-0.3, -0.25) is 9.69 Å². The van der Waals surface area contributed by atoms with Gasteiger partial charge in [-0.1, -0.05) is 6.07 Å². The van der Waals surface area contributed by atoms with Gasteiger partial charge >= 0.3 is 0 Å². The first-order valence-electron chi connectivity index (χ1n) is 7.32. The Morgan fingerprint density at radius 1 is 1.18 bits per heavy atom. The Labute approximate surface area is 130 Å². The summed E-state index contributed by atoms with van der Waals surface area (Å²) in [4.78, 5) is 14.0. The first-order valence-corrected chi connectivity index (χ1v) is 9.17. The molecule has 0 N–H and O–H groups in total. The zero-order chi connectivity index (χ0) is 15.9. The van der Waals surface area contributed by atoms with E-state index in [0.29, 0.717) is 44.0 Å². The van der Waals surface area contributed by atoms with E-state index < -0.39 is 10.0 Å². The minimum Gasteiger partial charge on any atom is -0.484 e. The van der Waals surface area contributed by atoms with Crippen molar-refractivity contribution in [2.24, 2.45) is 0 Å². The van der Waals surface area contributed by atoms with E-state index in [-0.39, 0.29) is 12.4 Å². The van der Waals surface area contributed by atoms with Gasteiger partial charge in [0.25, 0.3) is 0 Å². The second-order valence-electron chi connectivity index (χ2n) is 5.89. The van der Waals surface area contributed by atoms with Gasteiger partial charge in [0.2, 0.25) is 15.8 Å². The number of rotatable bonds is 3. The van der Waals surface area contributed by atoms with Gasteiger partial charge in [-0.2, -0.15) is 4.31 Å². The fraction of sp³-hybridized carbons (Fsp3) is 0.533. The summed E-state index contributed by atoms with van der Waals surface area (Å²) >= 11 is 0. The molecule has 0 unspecified atom stereocenters. The zero-order valence-corrected chi connectivity index (χ0v) is 13.6. The van der Waals surface area contributed by atoms with Gasteiger partial charge < -0.3 is 4.74 Å². The Morgan fingerprint density at radius 3 is 2.50 bits per heavy atom. The van der Waals surface area contributed by atoms with Crippen molar-refractivity contribution in [1.29, 1.82) is 0 Å². The number of carbonyl (C=O) groups is 1. The number of nitrogens with zero attached hydrogens (tertiary/aromatic N) is 2. The van der Waals surface area contributed by atoms with E-state index in [4.69, 9.17) is 4.74 Å². The molecule has 7 heteroatoms. The molecule has 0 bridgehead atoms. The molecule has 6 nitrogen and oxygen atoms in total. The maximum atomic E-state index is 11.8. The second kappa shape index (κ2) is 5.64. The Hall–Kier alpha value is -1.44. The van der Waals surface area contributed by atoms with Crippen LogP contribution in [0.1, 0.15) is 21.5 Å². The van der Waals surface area contributed by atoms with Crippen molar-refractivity contribution < 1.29 is 17.9 Å². The van der Waals surface area contributed by atoms with Crippen LogP contribution in [0.15, 0.2) is 12.1 Å². The lowest BCUT2D eigenvalue weighted by molar-refractivity contribution is 0.0960. The van der Waals surface area contributed by atoms with Gasteiger partial charge in [-0.05, 0) is 18.6 Å². The number of benzene rings is 1. The molecule has 120 valence electrons. The monoisotopic (exact) mass is 324 g/mol. The van der Waals surface area contributed by atoms with Gasteiger partial charge in [0.05, 0.1) is 11.8 Å². The summed E-state index contributed by atoms with van der Waals surface area (Å²) in [6.45, 7) is 5.19. The van der Waals surface area contributed by atoms with Crippen LogP contribution in [-0.4, -0.2) is 62.4 Å². The van der Waals surface area contributed by atoms with Crippen LogP contribution in [0.3, 0.4) is 0 Å². The van der Waals surface area contributed by atoms with Crippen LogP contribution in [-0.2, 0) is 16.6 Å². The molecule has 1 saturated heterocycles. The number of piperazine rings is 1. The van der Waals surface area contributed by atoms with Crippen molar-refractivity contribution in [2.75, 3.05) is 39.0 Å². The highest BCUT2D eigenvalue weighted by Crippen LogP contribution is 2.33. The zero-order valence-electron chi connectivity index (χ0n) is 12.8. The van der Waals surface area contributed by atoms with E-state index >= 15 is 0 Å². The molecule has 2 heterocycles. The number of ketones is 1. The van der Waals surface area contributed by atoms with E-state index in [1.807, 2.05) is 19.1 Å². The number of hydrogen-bond donors (Lipinski definition) is 0. The first-order chi connectivity index (χ1) is 10.4. The second-order valence-corrected chi connectivity index (χ2v) is 7.87. The molecule has 0 saturated carbocycles. The summed E-state index contributed by atoms with van der Waals surface area (Å²) in [6, 6.07) is 3.78. The van der Waals surface area contributed by atoms with Crippen molar-refractivity contribution in [3.63, 3.8) is 0 Å². The molecular formula is C15H20N2O4S. The van der Waals surface area contributed by atoms with Crippen molar-refractivity contribution in [3.8, 4) is 5.75 Å². The molecule has 0 amide bonds. The van der Waals surface area contributed by atoms with E-state index in [2.05, 4.69) is 4.90 Å². The van der Waals surface area contributed by atoms with Crippen LogP contribution in [0.25, 0.3) is 0 Å². The summed E-state index contributed by atoms with van der Waals surface area (Å²) in [7, 11) is -3.11. The molecule has 0 atom stereocenters. The van der Waals surface area contributed by atoms with Gasteiger partial charge in [0, 0.05) is 38.3 Å². The number of aryl methyl sites for hydroxylation is 1. The smallest absolute Gasteiger partial charge is 0.211 e. The number of fused-ring (bicyclic) bond motifs is 1. The predicted octanol–water partition coefficient (Wildman–Crippen LogP) is 0.647. The summed E-state index contributed by atoms with van der Waals surface area (Å²) < 4.78 is 30.2. The van der Waals surface area contributed by atoms with Crippen LogP contribution in [0, 0.1) is 6.92 Å². The summed E-state index contributed by atoms with van der Waals surface area (Å²) in [6.07, 6.45) is 1.25. The summed E-state index contributed by atoms with van der Waals surface area (Å²) in [5.74, 6) is 0.730. The largest absolute Gasteiger partial charge is 0.484 e. The van der Waals surface area contributed by atoms with Crippen LogP contribution in [0.2, 0.25) is 0 Å². The number of Topliss-reactive ketones (excluding diaryl/α,β-unsaturated/α-hetero) is 1. The average molecular weight is 324 g/mol. The fourth-order valence-electron chi connectivity index (χ4n) is 2.97. The summed E-state index contributed by atoms with van der Waals surface area (Å²) in [5, 5.41) is 0. The van der Waals surface area contributed by atoms with Gasteiger partial charge in [-0.15, -0.1) is 0 Å². The fourth-order valence-corrected chi connectivity index (χ4v) is 3.79. The molecule has 3 rings (SSSR count). The van der Waals surface area contributed by atoms with E-state index in [9.17, 15) is 13.2 Å². The lowest BCUT2D eigenvalue weighted by atomic mass is 10.0. The number of ether oxygens (including phenoxy) is 1. The van der Waals surface area contributed by atoms with E-state index in [1.54, 1.807) is 0 Å². The number of hydrogen-bond acceptors (Lipinski definition) is 5. The Bertz CT molecular complexity index is 706. The third-order valence-corrected chi connectivity index (χ3v) is 5.63. The lowest BCUT2D eigenvalue weighted by Crippen LogP contribution is -2.47. The molecule has 1 aromatic carbocycles.